The van der Waals surface area contributed by atoms with E-state index >= 15 is 0 Å². The highest BCUT2D eigenvalue weighted by atomic mass is 35.5. The molecule has 28 heavy (non-hydrogen) atoms. The van der Waals surface area contributed by atoms with Crippen LogP contribution in [0.1, 0.15) is 6.92 Å². The molecule has 0 spiro atoms. The van der Waals surface area contributed by atoms with Crippen LogP contribution in [-0.2, 0) is 10.0 Å². The zero-order valence-electron chi connectivity index (χ0n) is 15.3. The van der Waals surface area contributed by atoms with Crippen molar-refractivity contribution in [2.24, 2.45) is 0 Å². The maximum atomic E-state index is 12.8. The molecule has 0 atom stereocenters. The Hall–Kier alpha value is -1.87. The fraction of sp³-hybridized carbons (Fsp3) is 0.316. The van der Waals surface area contributed by atoms with E-state index in [1.54, 1.807) is 35.6 Å². The quantitative estimate of drug-likeness (QED) is 0.606. The second-order valence-corrected chi connectivity index (χ2v) is 9.76. The predicted octanol–water partition coefficient (Wildman–Crippen LogP) is 3.86. The van der Waals surface area contributed by atoms with Crippen LogP contribution in [0.25, 0.3) is 10.2 Å². The number of ether oxygens (including phenoxy) is 1. The summed E-state index contributed by atoms with van der Waals surface area (Å²) < 4.78 is 33.9. The summed E-state index contributed by atoms with van der Waals surface area (Å²) >= 11 is 7.47. The maximum Gasteiger partial charge on any atom is 0.243 e. The van der Waals surface area contributed by atoms with Crippen LogP contribution in [-0.4, -0.2) is 50.5 Å². The van der Waals surface area contributed by atoms with E-state index in [4.69, 9.17) is 21.3 Å². The molecule has 0 radical (unpaired) electrons. The van der Waals surface area contributed by atoms with Crippen molar-refractivity contribution < 1.29 is 13.2 Å². The van der Waals surface area contributed by atoms with Gasteiger partial charge in [-0.1, -0.05) is 29.0 Å². The first-order chi connectivity index (χ1) is 13.5. The molecule has 3 aromatic rings. The summed E-state index contributed by atoms with van der Waals surface area (Å²) in [7, 11) is -3.51. The first-order valence-electron chi connectivity index (χ1n) is 9.02. The van der Waals surface area contributed by atoms with E-state index in [9.17, 15) is 8.42 Å². The number of benzene rings is 2. The Labute approximate surface area is 173 Å². The summed E-state index contributed by atoms with van der Waals surface area (Å²) in [6.07, 6.45) is 0. The number of anilines is 1. The van der Waals surface area contributed by atoms with Crippen molar-refractivity contribution in [3.8, 4) is 5.75 Å². The lowest BCUT2D eigenvalue weighted by atomic mass is 10.3. The molecule has 6 nitrogen and oxygen atoms in total. The SMILES string of the molecule is CCOc1cccc2sc(N3CCN(S(=O)(=O)c4ccc(Cl)cc4)CC3)nc12. The van der Waals surface area contributed by atoms with Gasteiger partial charge in [0.25, 0.3) is 0 Å². The topological polar surface area (TPSA) is 62.7 Å². The number of fused-ring (bicyclic) bond motifs is 1. The second-order valence-electron chi connectivity index (χ2n) is 6.38. The average molecular weight is 438 g/mol. The molecule has 9 heteroatoms. The first-order valence-corrected chi connectivity index (χ1v) is 11.7. The highest BCUT2D eigenvalue weighted by molar-refractivity contribution is 7.89. The maximum absolute atomic E-state index is 12.8. The summed E-state index contributed by atoms with van der Waals surface area (Å²) in [6, 6.07) is 12.2. The van der Waals surface area contributed by atoms with Crippen molar-refractivity contribution in [2.75, 3.05) is 37.7 Å². The van der Waals surface area contributed by atoms with Crippen molar-refractivity contribution in [3.63, 3.8) is 0 Å². The van der Waals surface area contributed by atoms with Gasteiger partial charge in [0.2, 0.25) is 10.0 Å². The number of piperazine rings is 1. The smallest absolute Gasteiger partial charge is 0.243 e. The molecule has 0 aliphatic carbocycles. The normalized spacial score (nSPS) is 15.9. The van der Waals surface area contributed by atoms with Gasteiger partial charge in [-0.15, -0.1) is 0 Å². The van der Waals surface area contributed by atoms with Crippen LogP contribution >= 0.6 is 22.9 Å². The predicted molar refractivity (Wildman–Crippen MR) is 113 cm³/mol. The van der Waals surface area contributed by atoms with Gasteiger partial charge in [0.05, 0.1) is 16.2 Å². The summed E-state index contributed by atoms with van der Waals surface area (Å²) in [5, 5.41) is 1.41. The highest BCUT2D eigenvalue weighted by Crippen LogP contribution is 2.34. The molecule has 0 N–H and O–H groups in total. The number of halogens is 1. The van der Waals surface area contributed by atoms with Gasteiger partial charge in [-0.3, -0.25) is 0 Å². The van der Waals surface area contributed by atoms with Crippen LogP contribution in [0.15, 0.2) is 47.4 Å². The Bertz CT molecular complexity index is 1080. The van der Waals surface area contributed by atoms with Gasteiger partial charge in [0.15, 0.2) is 5.13 Å². The molecule has 0 bridgehead atoms. The van der Waals surface area contributed by atoms with E-state index in [1.807, 2.05) is 25.1 Å². The van der Waals surface area contributed by atoms with Crippen molar-refractivity contribution in [1.82, 2.24) is 9.29 Å². The number of hydrogen-bond acceptors (Lipinski definition) is 6. The Morgan fingerprint density at radius 2 is 1.82 bits per heavy atom. The largest absolute Gasteiger partial charge is 0.492 e. The molecular formula is C19H20ClN3O3S2. The number of hydrogen-bond donors (Lipinski definition) is 0. The first kappa shape index (κ1) is 19.4. The minimum absolute atomic E-state index is 0.270. The van der Waals surface area contributed by atoms with Crippen molar-refractivity contribution in [2.45, 2.75) is 11.8 Å². The summed E-state index contributed by atoms with van der Waals surface area (Å²) in [4.78, 5) is 7.15. The number of sulfonamides is 1. The Morgan fingerprint density at radius 1 is 1.11 bits per heavy atom. The average Bonchev–Trinajstić information content (AvgIpc) is 3.14. The minimum Gasteiger partial charge on any atom is -0.492 e. The van der Waals surface area contributed by atoms with Gasteiger partial charge in [0.1, 0.15) is 11.3 Å². The molecule has 148 valence electrons. The van der Waals surface area contributed by atoms with Gasteiger partial charge >= 0.3 is 0 Å². The van der Waals surface area contributed by atoms with Crippen molar-refractivity contribution in [1.29, 1.82) is 0 Å². The van der Waals surface area contributed by atoms with E-state index in [0.29, 0.717) is 37.8 Å². The lowest BCUT2D eigenvalue weighted by Crippen LogP contribution is -2.48. The Morgan fingerprint density at radius 3 is 2.50 bits per heavy atom. The van der Waals surface area contributed by atoms with Crippen molar-refractivity contribution >= 4 is 48.3 Å². The molecule has 0 amide bonds. The molecule has 0 saturated carbocycles. The second kappa shape index (κ2) is 7.87. The van der Waals surface area contributed by atoms with Crippen LogP contribution in [0.5, 0.6) is 5.75 Å². The lowest BCUT2D eigenvalue weighted by Gasteiger charge is -2.33. The van der Waals surface area contributed by atoms with Crippen LogP contribution < -0.4 is 9.64 Å². The Kier molecular flexibility index (Phi) is 5.46. The van der Waals surface area contributed by atoms with Gasteiger partial charge in [0, 0.05) is 31.2 Å². The number of aromatic nitrogens is 1. The molecule has 1 aliphatic heterocycles. The third-order valence-electron chi connectivity index (χ3n) is 4.63. The molecule has 4 rings (SSSR count). The number of para-hydroxylation sites is 1. The highest BCUT2D eigenvalue weighted by Gasteiger charge is 2.29. The molecule has 1 aliphatic rings. The van der Waals surface area contributed by atoms with Crippen LogP contribution in [0.2, 0.25) is 5.02 Å². The number of nitrogens with zero attached hydrogens (tertiary/aromatic N) is 3. The number of rotatable bonds is 5. The fourth-order valence-electron chi connectivity index (χ4n) is 3.19. The lowest BCUT2D eigenvalue weighted by molar-refractivity contribution is 0.343. The molecular weight excluding hydrogens is 418 g/mol. The molecule has 1 saturated heterocycles. The van der Waals surface area contributed by atoms with Crippen LogP contribution in [0.4, 0.5) is 5.13 Å². The summed E-state index contributed by atoms with van der Waals surface area (Å²) in [5.74, 6) is 0.784. The molecule has 2 heterocycles. The third-order valence-corrected chi connectivity index (χ3v) is 7.88. The minimum atomic E-state index is -3.51. The van der Waals surface area contributed by atoms with E-state index in [1.165, 1.54) is 4.31 Å². The monoisotopic (exact) mass is 437 g/mol. The molecule has 0 unspecified atom stereocenters. The van der Waals surface area contributed by atoms with Crippen LogP contribution in [0, 0.1) is 0 Å². The molecule has 1 aromatic heterocycles. The van der Waals surface area contributed by atoms with E-state index in [0.717, 1.165) is 21.1 Å². The summed E-state index contributed by atoms with van der Waals surface area (Å²) in [5.41, 5.74) is 0.862. The van der Waals surface area contributed by atoms with E-state index < -0.39 is 10.0 Å². The van der Waals surface area contributed by atoms with Gasteiger partial charge in [-0.05, 0) is 43.3 Å². The van der Waals surface area contributed by atoms with Crippen LogP contribution in [0.3, 0.4) is 0 Å². The van der Waals surface area contributed by atoms with Gasteiger partial charge < -0.3 is 9.64 Å². The standard InChI is InChI=1S/C19H20ClN3O3S2/c1-2-26-16-4-3-5-17-18(16)21-19(27-17)22-10-12-23(13-11-22)28(24,25)15-8-6-14(20)7-9-15/h3-9H,2,10-13H2,1H3. The fourth-order valence-corrected chi connectivity index (χ4v) is 5.78. The van der Waals surface area contributed by atoms with Gasteiger partial charge in [-0.2, -0.15) is 4.31 Å². The van der Waals surface area contributed by atoms with E-state index in [-0.39, 0.29) is 4.90 Å². The zero-order chi connectivity index (χ0) is 19.7. The third kappa shape index (κ3) is 3.69. The number of thiazole rings is 1. The summed E-state index contributed by atoms with van der Waals surface area (Å²) in [6.45, 7) is 4.56. The van der Waals surface area contributed by atoms with E-state index in [2.05, 4.69) is 4.90 Å². The van der Waals surface area contributed by atoms with Crippen molar-refractivity contribution in [3.05, 3.63) is 47.5 Å². The Balaban J connectivity index is 1.50. The zero-order valence-corrected chi connectivity index (χ0v) is 17.7. The molecule has 1 fully saturated rings. The van der Waals surface area contributed by atoms with Gasteiger partial charge in [-0.25, -0.2) is 13.4 Å². The molecule has 2 aromatic carbocycles.